The highest BCUT2D eigenvalue weighted by atomic mass is 16.5. The second kappa shape index (κ2) is 6.76. The smallest absolute Gasteiger partial charge is 0.123 e. The van der Waals surface area contributed by atoms with Gasteiger partial charge in [-0.2, -0.15) is 0 Å². The van der Waals surface area contributed by atoms with Gasteiger partial charge in [0.05, 0.1) is 13.2 Å². The van der Waals surface area contributed by atoms with E-state index in [1.807, 2.05) is 12.1 Å². The molecule has 0 saturated carbocycles. The average molecular weight is 249 g/mol. The van der Waals surface area contributed by atoms with Gasteiger partial charge in [0.25, 0.3) is 0 Å². The molecule has 1 aromatic carbocycles. The van der Waals surface area contributed by atoms with Crippen molar-refractivity contribution in [3.63, 3.8) is 0 Å². The lowest BCUT2D eigenvalue weighted by molar-refractivity contribution is -0.000339. The van der Waals surface area contributed by atoms with Gasteiger partial charge >= 0.3 is 0 Å². The van der Waals surface area contributed by atoms with Gasteiger partial charge in [-0.15, -0.1) is 0 Å². The van der Waals surface area contributed by atoms with Crippen molar-refractivity contribution in [1.29, 1.82) is 0 Å². The Morgan fingerprint density at radius 3 is 3.00 bits per heavy atom. The molecule has 3 heteroatoms. The fourth-order valence-electron chi connectivity index (χ4n) is 2.45. The van der Waals surface area contributed by atoms with Crippen molar-refractivity contribution in [3.8, 4) is 5.75 Å². The summed E-state index contributed by atoms with van der Waals surface area (Å²) in [6.07, 6.45) is 3.75. The molecule has 0 aliphatic carbocycles. The molecule has 2 rings (SSSR count). The number of para-hydroxylation sites is 1. The van der Waals surface area contributed by atoms with Gasteiger partial charge in [0.2, 0.25) is 0 Å². The highest BCUT2D eigenvalue weighted by Gasteiger charge is 2.20. The van der Waals surface area contributed by atoms with Crippen molar-refractivity contribution in [2.75, 3.05) is 13.7 Å². The predicted molar refractivity (Wildman–Crippen MR) is 72.9 cm³/mol. The molecular formula is C15H23NO2. The molecular weight excluding hydrogens is 226 g/mol. The van der Waals surface area contributed by atoms with E-state index in [9.17, 15) is 0 Å². The molecule has 1 N–H and O–H groups in total. The van der Waals surface area contributed by atoms with Crippen LogP contribution in [-0.2, 0) is 11.3 Å². The first kappa shape index (κ1) is 13.4. The van der Waals surface area contributed by atoms with Gasteiger partial charge in [-0.25, -0.2) is 0 Å². The SMILES string of the molecule is CCC1CC(NCc2ccccc2OC)CCO1. The van der Waals surface area contributed by atoms with Gasteiger partial charge in [0.15, 0.2) is 0 Å². The highest BCUT2D eigenvalue weighted by Crippen LogP contribution is 2.20. The third kappa shape index (κ3) is 3.47. The lowest BCUT2D eigenvalue weighted by Crippen LogP contribution is -2.38. The van der Waals surface area contributed by atoms with E-state index >= 15 is 0 Å². The monoisotopic (exact) mass is 249 g/mol. The molecule has 1 fully saturated rings. The summed E-state index contributed by atoms with van der Waals surface area (Å²) in [6.45, 7) is 3.93. The Morgan fingerprint density at radius 2 is 2.22 bits per heavy atom. The molecule has 1 aliphatic rings. The molecule has 3 nitrogen and oxygen atoms in total. The Balaban J connectivity index is 1.87. The van der Waals surface area contributed by atoms with Crippen LogP contribution in [0.5, 0.6) is 5.75 Å². The zero-order valence-corrected chi connectivity index (χ0v) is 11.3. The van der Waals surface area contributed by atoms with E-state index in [0.29, 0.717) is 12.1 Å². The van der Waals surface area contributed by atoms with E-state index in [2.05, 4.69) is 24.4 Å². The van der Waals surface area contributed by atoms with Gasteiger partial charge in [-0.1, -0.05) is 25.1 Å². The molecule has 0 amide bonds. The third-order valence-corrected chi connectivity index (χ3v) is 3.60. The second-order valence-electron chi connectivity index (χ2n) is 4.82. The summed E-state index contributed by atoms with van der Waals surface area (Å²) >= 11 is 0. The van der Waals surface area contributed by atoms with Crippen LogP contribution in [0.25, 0.3) is 0 Å². The number of ether oxygens (including phenoxy) is 2. The molecule has 2 atom stereocenters. The quantitative estimate of drug-likeness (QED) is 0.870. The fraction of sp³-hybridized carbons (Fsp3) is 0.600. The fourth-order valence-corrected chi connectivity index (χ4v) is 2.45. The van der Waals surface area contributed by atoms with Crippen LogP contribution >= 0.6 is 0 Å². The maximum Gasteiger partial charge on any atom is 0.123 e. The minimum absolute atomic E-state index is 0.425. The van der Waals surface area contributed by atoms with Crippen LogP contribution in [0.1, 0.15) is 31.7 Å². The molecule has 1 heterocycles. The van der Waals surface area contributed by atoms with Crippen LogP contribution in [0.4, 0.5) is 0 Å². The van der Waals surface area contributed by atoms with Crippen LogP contribution in [0.3, 0.4) is 0 Å². The van der Waals surface area contributed by atoms with Crippen molar-refractivity contribution in [2.24, 2.45) is 0 Å². The van der Waals surface area contributed by atoms with Gasteiger partial charge in [0.1, 0.15) is 5.75 Å². The largest absolute Gasteiger partial charge is 0.496 e. The molecule has 1 aliphatic heterocycles. The maximum atomic E-state index is 5.69. The summed E-state index contributed by atoms with van der Waals surface area (Å²) in [5, 5.41) is 3.62. The Morgan fingerprint density at radius 1 is 1.39 bits per heavy atom. The first-order chi connectivity index (χ1) is 8.83. The lowest BCUT2D eigenvalue weighted by Gasteiger charge is -2.29. The van der Waals surface area contributed by atoms with Gasteiger partial charge in [-0.3, -0.25) is 0 Å². The van der Waals surface area contributed by atoms with E-state index in [1.54, 1.807) is 7.11 Å². The van der Waals surface area contributed by atoms with Crippen LogP contribution in [0, 0.1) is 0 Å². The molecule has 1 aromatic rings. The Bertz CT molecular complexity index is 367. The molecule has 0 bridgehead atoms. The van der Waals surface area contributed by atoms with E-state index in [1.165, 1.54) is 5.56 Å². The summed E-state index contributed by atoms with van der Waals surface area (Å²) in [5.74, 6) is 0.962. The zero-order valence-electron chi connectivity index (χ0n) is 11.3. The van der Waals surface area contributed by atoms with E-state index in [4.69, 9.17) is 9.47 Å². The molecule has 2 unspecified atom stereocenters. The molecule has 0 aromatic heterocycles. The molecule has 0 spiro atoms. The van der Waals surface area contributed by atoms with Gasteiger partial charge < -0.3 is 14.8 Å². The summed E-state index contributed by atoms with van der Waals surface area (Å²) < 4.78 is 11.1. The standard InChI is InChI=1S/C15H23NO2/c1-3-14-10-13(8-9-18-14)16-11-12-6-4-5-7-15(12)17-2/h4-7,13-14,16H,3,8-11H2,1-2H3. The first-order valence-corrected chi connectivity index (χ1v) is 6.80. The maximum absolute atomic E-state index is 5.69. The topological polar surface area (TPSA) is 30.5 Å². The average Bonchev–Trinajstić information content (AvgIpc) is 2.45. The first-order valence-electron chi connectivity index (χ1n) is 6.80. The summed E-state index contributed by atoms with van der Waals surface area (Å²) in [6, 6.07) is 8.74. The Hall–Kier alpha value is -1.06. The number of benzene rings is 1. The van der Waals surface area contributed by atoms with E-state index in [-0.39, 0.29) is 0 Å². The highest BCUT2D eigenvalue weighted by molar-refractivity contribution is 5.33. The third-order valence-electron chi connectivity index (χ3n) is 3.60. The molecule has 0 radical (unpaired) electrons. The number of nitrogens with one attached hydrogen (secondary N) is 1. The van der Waals surface area contributed by atoms with Crippen molar-refractivity contribution < 1.29 is 9.47 Å². The molecule has 100 valence electrons. The normalized spacial score (nSPS) is 23.9. The minimum Gasteiger partial charge on any atom is -0.496 e. The van der Waals surface area contributed by atoms with E-state index < -0.39 is 0 Å². The van der Waals surface area contributed by atoms with Gasteiger partial charge in [-0.05, 0) is 25.3 Å². The van der Waals surface area contributed by atoms with Crippen LogP contribution in [0.15, 0.2) is 24.3 Å². The minimum atomic E-state index is 0.425. The summed E-state index contributed by atoms with van der Waals surface area (Å²) in [7, 11) is 1.72. The van der Waals surface area contributed by atoms with Crippen LogP contribution in [-0.4, -0.2) is 25.9 Å². The predicted octanol–water partition coefficient (Wildman–Crippen LogP) is 2.74. The number of hydrogen-bond acceptors (Lipinski definition) is 3. The second-order valence-corrected chi connectivity index (χ2v) is 4.82. The Labute approximate surface area is 109 Å². The van der Waals surface area contributed by atoms with Crippen molar-refractivity contribution >= 4 is 0 Å². The zero-order chi connectivity index (χ0) is 12.8. The number of methoxy groups -OCH3 is 1. The lowest BCUT2D eigenvalue weighted by atomic mass is 10.0. The number of rotatable bonds is 5. The van der Waals surface area contributed by atoms with Crippen LogP contribution < -0.4 is 10.1 Å². The van der Waals surface area contributed by atoms with Crippen molar-refractivity contribution in [3.05, 3.63) is 29.8 Å². The van der Waals surface area contributed by atoms with Gasteiger partial charge in [0, 0.05) is 24.8 Å². The summed E-state index contributed by atoms with van der Waals surface area (Å²) in [4.78, 5) is 0. The van der Waals surface area contributed by atoms with Crippen LogP contribution in [0.2, 0.25) is 0 Å². The van der Waals surface area contributed by atoms with E-state index in [0.717, 1.165) is 38.2 Å². The Kier molecular flexibility index (Phi) is 5.02. The van der Waals surface area contributed by atoms with Crippen molar-refractivity contribution in [2.45, 2.75) is 44.9 Å². The summed E-state index contributed by atoms with van der Waals surface area (Å²) in [5.41, 5.74) is 1.22. The number of hydrogen-bond donors (Lipinski definition) is 1. The van der Waals surface area contributed by atoms with Crippen molar-refractivity contribution in [1.82, 2.24) is 5.32 Å². The molecule has 18 heavy (non-hydrogen) atoms. The molecule has 1 saturated heterocycles.